The summed E-state index contributed by atoms with van der Waals surface area (Å²) in [6.07, 6.45) is 1.25. The number of nitrogens with zero attached hydrogens (tertiary/aromatic N) is 1. The van der Waals surface area contributed by atoms with E-state index in [0.717, 1.165) is 25.4 Å². The van der Waals surface area contributed by atoms with Crippen molar-refractivity contribution in [2.45, 2.75) is 19.4 Å². The van der Waals surface area contributed by atoms with E-state index in [4.69, 9.17) is 4.74 Å². The zero-order valence-electron chi connectivity index (χ0n) is 11.6. The zero-order valence-corrected chi connectivity index (χ0v) is 11.6. The van der Waals surface area contributed by atoms with E-state index in [-0.39, 0.29) is 0 Å². The van der Waals surface area contributed by atoms with Crippen LogP contribution in [0.4, 0.5) is 0 Å². The highest BCUT2D eigenvalue weighted by molar-refractivity contribution is 5.37. The standard InChI is InChI=1S/C15H24N2O/c1-4-18-14-8-6-5-7-13(14)15-12(11-16-2)9-10-17(15)3/h5-8,12,15-16H,4,9-11H2,1-3H3. The Kier molecular flexibility index (Phi) is 4.61. The van der Waals surface area contributed by atoms with Gasteiger partial charge in [-0.3, -0.25) is 4.90 Å². The molecule has 1 fully saturated rings. The Morgan fingerprint density at radius 2 is 2.17 bits per heavy atom. The lowest BCUT2D eigenvalue weighted by Crippen LogP contribution is -2.27. The molecule has 0 bridgehead atoms. The van der Waals surface area contributed by atoms with Gasteiger partial charge in [0.1, 0.15) is 5.75 Å². The Hall–Kier alpha value is -1.06. The second-order valence-corrected chi connectivity index (χ2v) is 5.00. The minimum Gasteiger partial charge on any atom is -0.494 e. The molecule has 0 radical (unpaired) electrons. The fourth-order valence-corrected chi connectivity index (χ4v) is 3.01. The number of para-hydroxylation sites is 1. The molecule has 1 N–H and O–H groups in total. The fraction of sp³-hybridized carbons (Fsp3) is 0.600. The third-order valence-corrected chi connectivity index (χ3v) is 3.78. The van der Waals surface area contributed by atoms with Crippen LogP contribution in [0.15, 0.2) is 24.3 Å². The molecule has 3 nitrogen and oxygen atoms in total. The van der Waals surface area contributed by atoms with E-state index in [1.54, 1.807) is 0 Å². The van der Waals surface area contributed by atoms with Crippen LogP contribution in [-0.2, 0) is 0 Å². The van der Waals surface area contributed by atoms with Gasteiger partial charge >= 0.3 is 0 Å². The highest BCUT2D eigenvalue weighted by Crippen LogP contribution is 2.39. The molecule has 0 aliphatic carbocycles. The smallest absolute Gasteiger partial charge is 0.124 e. The van der Waals surface area contributed by atoms with E-state index < -0.39 is 0 Å². The topological polar surface area (TPSA) is 24.5 Å². The number of nitrogens with one attached hydrogen (secondary N) is 1. The summed E-state index contributed by atoms with van der Waals surface area (Å²) in [5.41, 5.74) is 1.33. The van der Waals surface area contributed by atoms with Gasteiger partial charge in [-0.25, -0.2) is 0 Å². The van der Waals surface area contributed by atoms with E-state index in [2.05, 4.69) is 41.5 Å². The molecule has 2 rings (SSSR count). The molecule has 1 aliphatic heterocycles. The summed E-state index contributed by atoms with van der Waals surface area (Å²) in [7, 11) is 4.24. The lowest BCUT2D eigenvalue weighted by atomic mass is 9.93. The largest absolute Gasteiger partial charge is 0.494 e. The van der Waals surface area contributed by atoms with Gasteiger partial charge in [0.2, 0.25) is 0 Å². The Labute approximate surface area is 110 Å². The number of likely N-dealkylation sites (tertiary alicyclic amines) is 1. The third-order valence-electron chi connectivity index (χ3n) is 3.78. The molecule has 1 aromatic rings. The van der Waals surface area contributed by atoms with Gasteiger partial charge in [-0.2, -0.15) is 0 Å². The van der Waals surface area contributed by atoms with E-state index in [1.807, 2.05) is 14.0 Å². The molecule has 0 aromatic heterocycles. The Morgan fingerprint density at radius 1 is 1.39 bits per heavy atom. The molecule has 0 spiro atoms. The van der Waals surface area contributed by atoms with E-state index in [0.29, 0.717) is 12.0 Å². The van der Waals surface area contributed by atoms with Gasteiger partial charge in [-0.1, -0.05) is 18.2 Å². The summed E-state index contributed by atoms with van der Waals surface area (Å²) in [5.74, 6) is 1.71. The maximum absolute atomic E-state index is 5.78. The van der Waals surface area contributed by atoms with E-state index in [1.165, 1.54) is 12.0 Å². The molecule has 0 saturated carbocycles. The number of hydrogen-bond donors (Lipinski definition) is 1. The second kappa shape index (κ2) is 6.21. The van der Waals surface area contributed by atoms with Crippen molar-refractivity contribution in [1.29, 1.82) is 0 Å². The molecular formula is C15H24N2O. The molecule has 1 aliphatic rings. The minimum absolute atomic E-state index is 0.472. The predicted molar refractivity (Wildman–Crippen MR) is 75.0 cm³/mol. The van der Waals surface area contributed by atoms with Crippen LogP contribution in [0.5, 0.6) is 5.75 Å². The lowest BCUT2D eigenvalue weighted by Gasteiger charge is -2.27. The molecular weight excluding hydrogens is 224 g/mol. The molecule has 2 atom stereocenters. The normalized spacial score (nSPS) is 24.4. The Morgan fingerprint density at radius 3 is 2.89 bits per heavy atom. The summed E-state index contributed by atoms with van der Waals surface area (Å²) in [4.78, 5) is 2.44. The maximum atomic E-state index is 5.78. The highest BCUT2D eigenvalue weighted by atomic mass is 16.5. The van der Waals surface area contributed by atoms with Gasteiger partial charge in [-0.05, 0) is 52.5 Å². The Bertz CT molecular complexity index is 379. The van der Waals surface area contributed by atoms with Crippen molar-refractivity contribution >= 4 is 0 Å². The van der Waals surface area contributed by atoms with E-state index >= 15 is 0 Å². The third kappa shape index (κ3) is 2.68. The van der Waals surface area contributed by atoms with Gasteiger partial charge in [0.25, 0.3) is 0 Å². The van der Waals surface area contributed by atoms with Crippen LogP contribution in [0.3, 0.4) is 0 Å². The van der Waals surface area contributed by atoms with Crippen molar-refractivity contribution in [3.63, 3.8) is 0 Å². The second-order valence-electron chi connectivity index (χ2n) is 5.00. The van der Waals surface area contributed by atoms with Crippen molar-refractivity contribution in [2.75, 3.05) is 33.8 Å². The maximum Gasteiger partial charge on any atom is 0.124 e. The molecule has 100 valence electrons. The quantitative estimate of drug-likeness (QED) is 0.865. The Balaban J connectivity index is 2.27. The van der Waals surface area contributed by atoms with Crippen LogP contribution in [0.1, 0.15) is 24.9 Å². The molecule has 1 saturated heterocycles. The van der Waals surface area contributed by atoms with Gasteiger partial charge in [0.15, 0.2) is 0 Å². The minimum atomic E-state index is 0.472. The van der Waals surface area contributed by atoms with Gasteiger partial charge < -0.3 is 10.1 Å². The van der Waals surface area contributed by atoms with Gasteiger partial charge in [0, 0.05) is 11.6 Å². The van der Waals surface area contributed by atoms with Crippen LogP contribution in [-0.4, -0.2) is 38.7 Å². The number of ether oxygens (including phenoxy) is 1. The zero-order chi connectivity index (χ0) is 13.0. The molecule has 0 amide bonds. The first kappa shape index (κ1) is 13.4. The van der Waals surface area contributed by atoms with E-state index in [9.17, 15) is 0 Å². The van der Waals surface area contributed by atoms with Crippen LogP contribution in [0.25, 0.3) is 0 Å². The highest BCUT2D eigenvalue weighted by Gasteiger charge is 2.33. The number of benzene rings is 1. The summed E-state index contributed by atoms with van der Waals surface area (Å²) in [6, 6.07) is 8.93. The SMILES string of the molecule is CCOc1ccccc1C1C(CNC)CCN1C. The van der Waals surface area contributed by atoms with Crippen LogP contribution >= 0.6 is 0 Å². The molecule has 18 heavy (non-hydrogen) atoms. The van der Waals surface area contributed by atoms with Crippen LogP contribution < -0.4 is 10.1 Å². The average molecular weight is 248 g/mol. The van der Waals surface area contributed by atoms with Crippen molar-refractivity contribution in [1.82, 2.24) is 10.2 Å². The van der Waals surface area contributed by atoms with Gasteiger partial charge in [0.05, 0.1) is 6.61 Å². The lowest BCUT2D eigenvalue weighted by molar-refractivity contribution is 0.259. The number of hydrogen-bond acceptors (Lipinski definition) is 3. The monoisotopic (exact) mass is 248 g/mol. The molecule has 1 heterocycles. The molecule has 1 aromatic carbocycles. The van der Waals surface area contributed by atoms with Crippen LogP contribution in [0.2, 0.25) is 0 Å². The predicted octanol–water partition coefficient (Wildman–Crippen LogP) is 2.30. The van der Waals surface area contributed by atoms with Crippen molar-refractivity contribution < 1.29 is 4.74 Å². The first-order chi connectivity index (χ1) is 8.77. The average Bonchev–Trinajstić information content (AvgIpc) is 2.73. The van der Waals surface area contributed by atoms with Crippen LogP contribution in [0, 0.1) is 5.92 Å². The van der Waals surface area contributed by atoms with Crippen molar-refractivity contribution in [3.05, 3.63) is 29.8 Å². The molecule has 2 unspecified atom stereocenters. The number of rotatable bonds is 5. The summed E-state index contributed by atoms with van der Waals surface area (Å²) in [6.45, 7) is 5.00. The van der Waals surface area contributed by atoms with Crippen molar-refractivity contribution in [3.8, 4) is 5.75 Å². The van der Waals surface area contributed by atoms with Crippen molar-refractivity contribution in [2.24, 2.45) is 5.92 Å². The fourth-order valence-electron chi connectivity index (χ4n) is 3.01. The van der Waals surface area contributed by atoms with Gasteiger partial charge in [-0.15, -0.1) is 0 Å². The summed E-state index contributed by atoms with van der Waals surface area (Å²) >= 11 is 0. The summed E-state index contributed by atoms with van der Waals surface area (Å²) < 4.78 is 5.78. The first-order valence-electron chi connectivity index (χ1n) is 6.84. The first-order valence-corrected chi connectivity index (χ1v) is 6.84. The summed E-state index contributed by atoms with van der Waals surface area (Å²) in [5, 5.41) is 3.31. The molecule has 3 heteroatoms.